The van der Waals surface area contributed by atoms with Gasteiger partial charge in [-0.2, -0.15) is 0 Å². The smallest absolute Gasteiger partial charge is 0.496 e. The zero-order chi connectivity index (χ0) is 13.9. The minimum atomic E-state index is -5.15. The first-order valence-corrected chi connectivity index (χ1v) is 4.50. The van der Waals surface area contributed by atoms with Crippen LogP contribution in [0.25, 0.3) is 0 Å². The van der Waals surface area contributed by atoms with E-state index in [1.54, 1.807) is 0 Å². The predicted octanol–water partition coefficient (Wildman–Crippen LogP) is 2.42. The van der Waals surface area contributed by atoms with E-state index in [9.17, 15) is 22.0 Å². The van der Waals surface area contributed by atoms with Crippen molar-refractivity contribution in [3.05, 3.63) is 17.3 Å². The van der Waals surface area contributed by atoms with Crippen LogP contribution in [0.4, 0.5) is 22.0 Å². The molecule has 0 spiro atoms. The molecule has 0 amide bonds. The third kappa shape index (κ3) is 3.19. The summed E-state index contributed by atoms with van der Waals surface area (Å²) >= 11 is 0. The van der Waals surface area contributed by atoms with Crippen LogP contribution in [0.15, 0.2) is 6.20 Å². The van der Waals surface area contributed by atoms with Gasteiger partial charge < -0.3 is 14.6 Å². The van der Waals surface area contributed by atoms with E-state index in [1.165, 1.54) is 0 Å². The molecule has 1 rings (SSSR count). The highest BCUT2D eigenvalue weighted by Gasteiger charge is 2.36. The number of halogens is 5. The van der Waals surface area contributed by atoms with Crippen molar-refractivity contribution in [3.8, 4) is 11.6 Å². The molecule has 0 fully saturated rings. The zero-order valence-electron chi connectivity index (χ0n) is 8.96. The quantitative estimate of drug-likeness (QED) is 0.856. The van der Waals surface area contributed by atoms with Crippen molar-refractivity contribution in [2.24, 2.45) is 0 Å². The highest BCUT2D eigenvalue weighted by molar-refractivity contribution is 5.46. The third-order valence-electron chi connectivity index (χ3n) is 1.91. The fourth-order valence-electron chi connectivity index (χ4n) is 1.27. The van der Waals surface area contributed by atoms with Gasteiger partial charge in [-0.15, -0.1) is 13.2 Å². The average molecular weight is 273 g/mol. The van der Waals surface area contributed by atoms with E-state index in [0.29, 0.717) is 0 Å². The van der Waals surface area contributed by atoms with Gasteiger partial charge in [0.05, 0.1) is 13.7 Å². The first kappa shape index (κ1) is 14.4. The van der Waals surface area contributed by atoms with E-state index in [1.807, 2.05) is 0 Å². The molecule has 0 aliphatic rings. The molecule has 0 unspecified atom stereocenters. The molecule has 0 bridgehead atoms. The zero-order valence-corrected chi connectivity index (χ0v) is 8.96. The van der Waals surface area contributed by atoms with Gasteiger partial charge in [-0.1, -0.05) is 0 Å². The van der Waals surface area contributed by atoms with Gasteiger partial charge in [0, 0.05) is 11.8 Å². The number of pyridine rings is 1. The van der Waals surface area contributed by atoms with Crippen LogP contribution in [0.2, 0.25) is 0 Å². The van der Waals surface area contributed by atoms with Crippen molar-refractivity contribution in [1.29, 1.82) is 0 Å². The minimum Gasteiger partial charge on any atom is -0.496 e. The summed E-state index contributed by atoms with van der Waals surface area (Å²) in [7, 11) is 0.984. The molecule has 9 heteroatoms. The van der Waals surface area contributed by atoms with Gasteiger partial charge in [-0.25, -0.2) is 13.8 Å². The van der Waals surface area contributed by atoms with Crippen LogP contribution in [-0.4, -0.2) is 23.6 Å². The normalized spacial score (nSPS) is 11.8. The summed E-state index contributed by atoms with van der Waals surface area (Å²) in [5, 5.41) is 8.85. The monoisotopic (exact) mass is 273 g/mol. The summed E-state index contributed by atoms with van der Waals surface area (Å²) < 4.78 is 69.4. The molecule has 18 heavy (non-hydrogen) atoms. The number of aromatic nitrogens is 1. The number of ether oxygens (including phenoxy) is 2. The van der Waals surface area contributed by atoms with E-state index in [-0.39, 0.29) is 5.56 Å². The lowest BCUT2D eigenvalue weighted by Crippen LogP contribution is -2.19. The Kier molecular flexibility index (Phi) is 4.28. The summed E-state index contributed by atoms with van der Waals surface area (Å²) in [6.07, 6.45) is -7.68. The van der Waals surface area contributed by atoms with Crippen LogP contribution >= 0.6 is 0 Å². The molecule has 0 aliphatic carbocycles. The fraction of sp³-hybridized carbons (Fsp3) is 0.444. The molecule has 0 aliphatic heterocycles. The Balaban J connectivity index is 3.35. The number of alkyl halides is 5. The van der Waals surface area contributed by atoms with Crippen molar-refractivity contribution >= 4 is 0 Å². The number of hydrogen-bond donors (Lipinski definition) is 1. The first-order valence-electron chi connectivity index (χ1n) is 4.50. The summed E-state index contributed by atoms with van der Waals surface area (Å²) in [5.41, 5.74) is -1.32. The Hall–Kier alpha value is -1.64. The molecule has 0 saturated heterocycles. The van der Waals surface area contributed by atoms with E-state index in [0.717, 1.165) is 13.3 Å². The Morgan fingerprint density at radius 1 is 1.39 bits per heavy atom. The Labute approximate surface area is 98.0 Å². The summed E-state index contributed by atoms with van der Waals surface area (Å²) in [4.78, 5) is 3.10. The molecular weight excluding hydrogens is 265 g/mol. The Bertz CT molecular complexity index is 421. The van der Waals surface area contributed by atoms with Crippen LogP contribution in [0, 0.1) is 0 Å². The third-order valence-corrected chi connectivity index (χ3v) is 1.91. The van der Waals surface area contributed by atoms with Crippen molar-refractivity contribution in [1.82, 2.24) is 4.98 Å². The Morgan fingerprint density at radius 2 is 2.00 bits per heavy atom. The summed E-state index contributed by atoms with van der Waals surface area (Å²) in [5.74, 6) is -1.88. The number of methoxy groups -OCH3 is 1. The molecule has 1 aromatic rings. The summed E-state index contributed by atoms with van der Waals surface area (Å²) in [6.45, 7) is -0.706. The van der Waals surface area contributed by atoms with Crippen LogP contribution in [0.1, 0.15) is 17.6 Å². The van der Waals surface area contributed by atoms with Gasteiger partial charge in [-0.3, -0.25) is 0 Å². The molecule has 1 heterocycles. The maximum absolute atomic E-state index is 12.7. The molecule has 1 aromatic heterocycles. The molecule has 4 nitrogen and oxygen atoms in total. The second-order valence-electron chi connectivity index (χ2n) is 3.04. The molecule has 0 saturated carbocycles. The molecule has 1 N–H and O–H groups in total. The lowest BCUT2D eigenvalue weighted by molar-refractivity contribution is -0.276. The number of aliphatic hydroxyl groups excluding tert-OH is 1. The molecule has 0 aromatic carbocycles. The second-order valence-corrected chi connectivity index (χ2v) is 3.04. The van der Waals surface area contributed by atoms with Gasteiger partial charge in [0.2, 0.25) is 5.88 Å². The molecule has 102 valence electrons. The lowest BCUT2D eigenvalue weighted by atomic mass is 10.1. The average Bonchev–Trinajstić information content (AvgIpc) is 2.25. The van der Waals surface area contributed by atoms with Crippen molar-refractivity contribution in [2.75, 3.05) is 7.11 Å². The number of rotatable bonds is 4. The number of aliphatic hydroxyl groups is 1. The van der Waals surface area contributed by atoms with Crippen molar-refractivity contribution in [2.45, 2.75) is 19.4 Å². The van der Waals surface area contributed by atoms with Gasteiger partial charge in [-0.05, 0) is 0 Å². The number of hydrogen-bond acceptors (Lipinski definition) is 4. The van der Waals surface area contributed by atoms with E-state index >= 15 is 0 Å². The molecule has 0 radical (unpaired) electrons. The van der Waals surface area contributed by atoms with Gasteiger partial charge >= 0.3 is 6.36 Å². The highest BCUT2D eigenvalue weighted by Crippen LogP contribution is 2.39. The molecule has 0 atom stereocenters. The van der Waals surface area contributed by atoms with Crippen LogP contribution in [-0.2, 0) is 6.61 Å². The topological polar surface area (TPSA) is 51.6 Å². The van der Waals surface area contributed by atoms with Gasteiger partial charge in [0.15, 0.2) is 0 Å². The van der Waals surface area contributed by atoms with Crippen molar-refractivity contribution < 1.29 is 36.5 Å². The van der Waals surface area contributed by atoms with Crippen molar-refractivity contribution in [3.63, 3.8) is 0 Å². The maximum atomic E-state index is 12.7. The second kappa shape index (κ2) is 5.34. The van der Waals surface area contributed by atoms with Crippen LogP contribution < -0.4 is 9.47 Å². The summed E-state index contributed by atoms with van der Waals surface area (Å²) in [6, 6.07) is 0. The molecular formula is C9H8F5NO3. The first-order chi connectivity index (χ1) is 8.30. The van der Waals surface area contributed by atoms with Gasteiger partial charge in [0.25, 0.3) is 6.43 Å². The maximum Gasteiger partial charge on any atom is 0.574 e. The van der Waals surface area contributed by atoms with Gasteiger partial charge in [0.1, 0.15) is 11.3 Å². The number of nitrogens with zero attached hydrogens (tertiary/aromatic N) is 1. The van der Waals surface area contributed by atoms with E-state index in [2.05, 4.69) is 14.5 Å². The standard InChI is InChI=1S/C9H8F5NO3/c1-17-6-4(3-16)2-15-8(5(6)7(10)11)18-9(12,13)14/h2,7,16H,3H2,1H3. The van der Waals surface area contributed by atoms with E-state index < -0.39 is 36.6 Å². The van der Waals surface area contributed by atoms with E-state index in [4.69, 9.17) is 5.11 Å². The largest absolute Gasteiger partial charge is 0.574 e. The minimum absolute atomic E-state index is 0.165. The SMILES string of the molecule is COc1c(CO)cnc(OC(F)(F)F)c1C(F)F. The fourth-order valence-corrected chi connectivity index (χ4v) is 1.27. The van der Waals surface area contributed by atoms with Crippen LogP contribution in [0.5, 0.6) is 11.6 Å². The lowest BCUT2D eigenvalue weighted by Gasteiger charge is -2.16. The highest BCUT2D eigenvalue weighted by atomic mass is 19.4. The van der Waals surface area contributed by atoms with Crippen LogP contribution in [0.3, 0.4) is 0 Å². The predicted molar refractivity (Wildman–Crippen MR) is 48.4 cm³/mol. The Morgan fingerprint density at radius 3 is 2.39 bits per heavy atom.